The Hall–Kier alpha value is -2.49. The normalized spacial score (nSPS) is 10.2. The summed E-state index contributed by atoms with van der Waals surface area (Å²) in [6.07, 6.45) is 2.55. The molecule has 25 heavy (non-hydrogen) atoms. The maximum absolute atomic E-state index is 12.1. The van der Waals surface area contributed by atoms with Crippen molar-refractivity contribution >= 4 is 0 Å². The van der Waals surface area contributed by atoms with Gasteiger partial charge in [0.15, 0.2) is 0 Å². The van der Waals surface area contributed by atoms with E-state index in [2.05, 4.69) is 6.58 Å². The van der Waals surface area contributed by atoms with Crippen molar-refractivity contribution in [1.29, 1.82) is 0 Å². The molecule has 0 aliphatic rings. The molecule has 0 saturated carbocycles. The lowest BCUT2D eigenvalue weighted by Gasteiger charge is -2.17. The highest BCUT2D eigenvalue weighted by atomic mass is 16.5. The Morgan fingerprint density at radius 3 is 2.08 bits per heavy atom. The van der Waals surface area contributed by atoms with Gasteiger partial charge in [-0.3, -0.25) is 4.79 Å². The lowest BCUT2D eigenvalue weighted by atomic mass is 9.96. The van der Waals surface area contributed by atoms with Gasteiger partial charge in [-0.1, -0.05) is 19.6 Å². The Kier molecular flexibility index (Phi) is 6.63. The van der Waals surface area contributed by atoms with Crippen LogP contribution in [0.1, 0.15) is 31.0 Å². The van der Waals surface area contributed by atoms with Crippen LogP contribution in [0.25, 0.3) is 11.1 Å². The molecule has 1 aromatic heterocycles. The second-order valence-corrected chi connectivity index (χ2v) is 6.20. The van der Waals surface area contributed by atoms with E-state index < -0.39 is 0 Å². The van der Waals surface area contributed by atoms with Gasteiger partial charge in [0.1, 0.15) is 11.5 Å². The SMILES string of the molecule is C.C=C(C)Cc1c(OC)cc(-c2cn(C)c(=O)c(C)c2C)cc1OC. The first-order valence-electron chi connectivity index (χ1n) is 7.86. The van der Waals surface area contributed by atoms with Crippen LogP contribution in [0, 0.1) is 13.8 Å². The van der Waals surface area contributed by atoms with Crippen LogP contribution in [-0.4, -0.2) is 18.8 Å². The predicted molar refractivity (Wildman–Crippen MR) is 105 cm³/mol. The molecule has 1 heterocycles. The quantitative estimate of drug-likeness (QED) is 0.754. The number of rotatable bonds is 5. The summed E-state index contributed by atoms with van der Waals surface area (Å²) in [6.45, 7) is 9.78. The van der Waals surface area contributed by atoms with E-state index >= 15 is 0 Å². The molecule has 0 fully saturated rings. The Balaban J connectivity index is 0.00000312. The van der Waals surface area contributed by atoms with E-state index in [0.29, 0.717) is 6.42 Å². The van der Waals surface area contributed by atoms with Crippen LogP contribution in [0.2, 0.25) is 0 Å². The monoisotopic (exact) mass is 343 g/mol. The van der Waals surface area contributed by atoms with Crippen LogP contribution < -0.4 is 15.0 Å². The fourth-order valence-corrected chi connectivity index (χ4v) is 2.88. The third kappa shape index (κ3) is 3.95. The summed E-state index contributed by atoms with van der Waals surface area (Å²) in [5.41, 5.74) is 5.71. The number of nitrogens with zero attached hydrogens (tertiary/aromatic N) is 1. The van der Waals surface area contributed by atoms with Crippen molar-refractivity contribution in [2.45, 2.75) is 34.6 Å². The topological polar surface area (TPSA) is 40.5 Å². The number of benzene rings is 1. The summed E-state index contributed by atoms with van der Waals surface area (Å²) in [5, 5.41) is 0. The van der Waals surface area contributed by atoms with Crippen molar-refractivity contribution in [3.05, 3.63) is 57.5 Å². The van der Waals surface area contributed by atoms with Crippen molar-refractivity contribution in [3.8, 4) is 22.6 Å². The fraction of sp³-hybridized carbons (Fsp3) is 0.381. The Labute approximate surface area is 150 Å². The number of ether oxygens (including phenoxy) is 2. The molecule has 2 aromatic rings. The first-order valence-corrected chi connectivity index (χ1v) is 7.86. The van der Waals surface area contributed by atoms with Crippen molar-refractivity contribution in [2.75, 3.05) is 14.2 Å². The van der Waals surface area contributed by atoms with Gasteiger partial charge in [0.25, 0.3) is 5.56 Å². The van der Waals surface area contributed by atoms with Crippen LogP contribution in [0.15, 0.2) is 35.3 Å². The first-order chi connectivity index (χ1) is 11.3. The summed E-state index contributed by atoms with van der Waals surface area (Å²) < 4.78 is 12.8. The smallest absolute Gasteiger partial charge is 0.253 e. The molecule has 0 N–H and O–H groups in total. The molecule has 0 aliphatic carbocycles. The van der Waals surface area contributed by atoms with E-state index in [0.717, 1.165) is 44.9 Å². The second-order valence-electron chi connectivity index (χ2n) is 6.20. The number of methoxy groups -OCH3 is 2. The van der Waals surface area contributed by atoms with Gasteiger partial charge < -0.3 is 14.0 Å². The van der Waals surface area contributed by atoms with Crippen molar-refractivity contribution in [2.24, 2.45) is 7.05 Å². The molecule has 0 atom stereocenters. The van der Waals surface area contributed by atoms with Crippen molar-refractivity contribution in [3.63, 3.8) is 0 Å². The van der Waals surface area contributed by atoms with E-state index in [9.17, 15) is 4.79 Å². The van der Waals surface area contributed by atoms with E-state index in [1.54, 1.807) is 25.8 Å². The second kappa shape index (κ2) is 8.06. The standard InChI is InChI=1S/C20H25NO3.CH4/c1-12(2)8-16-18(23-6)9-15(10-19(16)24-7)17-11-21(5)20(22)14(4)13(17)3;/h9-11H,1,8H2,2-7H3;1H4. The zero-order valence-corrected chi connectivity index (χ0v) is 15.3. The Bertz CT molecular complexity index is 822. The molecule has 2 rings (SSSR count). The molecule has 0 unspecified atom stereocenters. The number of hydrogen-bond acceptors (Lipinski definition) is 3. The van der Waals surface area contributed by atoms with E-state index in [4.69, 9.17) is 9.47 Å². The van der Waals surface area contributed by atoms with Gasteiger partial charge in [-0.15, -0.1) is 0 Å². The van der Waals surface area contributed by atoms with Crippen molar-refractivity contribution in [1.82, 2.24) is 4.57 Å². The first kappa shape index (κ1) is 20.6. The summed E-state index contributed by atoms with van der Waals surface area (Å²) in [7, 11) is 5.07. The van der Waals surface area contributed by atoms with E-state index in [-0.39, 0.29) is 13.0 Å². The molecule has 4 heteroatoms. The maximum Gasteiger partial charge on any atom is 0.253 e. The van der Waals surface area contributed by atoms with Crippen LogP contribution in [0.4, 0.5) is 0 Å². The van der Waals surface area contributed by atoms with Gasteiger partial charge in [-0.2, -0.15) is 0 Å². The number of aryl methyl sites for hydroxylation is 1. The average molecular weight is 343 g/mol. The molecule has 0 bridgehead atoms. The largest absolute Gasteiger partial charge is 0.496 e. The van der Waals surface area contributed by atoms with Gasteiger partial charge in [0.05, 0.1) is 14.2 Å². The van der Waals surface area contributed by atoms with Gasteiger partial charge in [0, 0.05) is 36.4 Å². The molecule has 0 radical (unpaired) electrons. The third-order valence-electron chi connectivity index (χ3n) is 4.33. The fourth-order valence-electron chi connectivity index (χ4n) is 2.88. The van der Waals surface area contributed by atoms with Crippen LogP contribution in [0.5, 0.6) is 11.5 Å². The molecular formula is C21H29NO3. The lowest BCUT2D eigenvalue weighted by Crippen LogP contribution is -2.20. The highest BCUT2D eigenvalue weighted by molar-refractivity contribution is 5.72. The van der Waals surface area contributed by atoms with Gasteiger partial charge in [-0.05, 0) is 44.0 Å². The minimum atomic E-state index is 0. The average Bonchev–Trinajstić information content (AvgIpc) is 2.55. The lowest BCUT2D eigenvalue weighted by molar-refractivity contribution is 0.387. The summed E-state index contributed by atoms with van der Waals surface area (Å²) in [4.78, 5) is 12.1. The third-order valence-corrected chi connectivity index (χ3v) is 4.33. The number of pyridine rings is 1. The zero-order chi connectivity index (χ0) is 18.0. The molecule has 0 aliphatic heterocycles. The molecule has 0 spiro atoms. The van der Waals surface area contributed by atoms with E-state index in [1.165, 1.54) is 0 Å². The Morgan fingerprint density at radius 2 is 1.64 bits per heavy atom. The number of aromatic nitrogens is 1. The summed E-state index contributed by atoms with van der Waals surface area (Å²) >= 11 is 0. The Morgan fingerprint density at radius 1 is 1.12 bits per heavy atom. The van der Waals surface area contributed by atoms with Crippen molar-refractivity contribution < 1.29 is 9.47 Å². The van der Waals surface area contributed by atoms with Crippen LogP contribution in [0.3, 0.4) is 0 Å². The van der Waals surface area contributed by atoms with E-state index in [1.807, 2.05) is 39.1 Å². The maximum atomic E-state index is 12.1. The predicted octanol–water partition coefficient (Wildman–Crippen LogP) is 4.44. The molecule has 0 saturated heterocycles. The number of hydrogen-bond donors (Lipinski definition) is 0. The zero-order valence-electron chi connectivity index (χ0n) is 15.3. The minimum absolute atomic E-state index is 0. The van der Waals surface area contributed by atoms with Gasteiger partial charge in [-0.25, -0.2) is 0 Å². The number of allylic oxidation sites excluding steroid dienone is 1. The van der Waals surface area contributed by atoms with Gasteiger partial charge in [0.2, 0.25) is 0 Å². The highest BCUT2D eigenvalue weighted by Gasteiger charge is 2.16. The van der Waals surface area contributed by atoms with Crippen LogP contribution >= 0.6 is 0 Å². The van der Waals surface area contributed by atoms with Crippen LogP contribution in [-0.2, 0) is 13.5 Å². The summed E-state index contributed by atoms with van der Waals surface area (Å²) in [5.74, 6) is 1.52. The molecule has 1 aromatic carbocycles. The van der Waals surface area contributed by atoms with Gasteiger partial charge >= 0.3 is 0 Å². The molecule has 4 nitrogen and oxygen atoms in total. The minimum Gasteiger partial charge on any atom is -0.496 e. The highest BCUT2D eigenvalue weighted by Crippen LogP contribution is 2.37. The molecule has 136 valence electrons. The molecule has 0 amide bonds. The molecular weight excluding hydrogens is 314 g/mol. The summed E-state index contributed by atoms with van der Waals surface area (Å²) in [6, 6.07) is 3.99.